The largest absolute Gasteiger partial charge is 0.480 e. The predicted molar refractivity (Wildman–Crippen MR) is 46.0 cm³/mol. The summed E-state index contributed by atoms with van der Waals surface area (Å²) in [7, 11) is 0. The van der Waals surface area contributed by atoms with Gasteiger partial charge in [0.15, 0.2) is 0 Å². The lowest BCUT2D eigenvalue weighted by molar-refractivity contribution is -0.141. The highest BCUT2D eigenvalue weighted by atomic mass is 19.4. The molecule has 7 heteroatoms. The number of carbonyl (C=O) groups is 1. The molecule has 0 heterocycles. The van der Waals surface area contributed by atoms with E-state index in [9.17, 15) is 22.4 Å². The van der Waals surface area contributed by atoms with Gasteiger partial charge in [-0.25, -0.2) is 4.39 Å². The molecule has 0 aliphatic carbocycles. The number of halogens is 4. The molecule has 0 saturated heterocycles. The zero-order valence-corrected chi connectivity index (χ0v) is 7.75. The first kappa shape index (κ1) is 12.4. The Morgan fingerprint density at radius 3 is 2.38 bits per heavy atom. The molecule has 88 valence electrons. The van der Waals surface area contributed by atoms with Crippen LogP contribution in [0.15, 0.2) is 18.2 Å². The predicted octanol–water partition coefficient (Wildman–Crippen LogP) is 1.93. The van der Waals surface area contributed by atoms with Crippen LogP contribution in [-0.2, 0) is 11.0 Å². The fourth-order valence-electron chi connectivity index (χ4n) is 1.10. The average molecular weight is 237 g/mol. The summed E-state index contributed by atoms with van der Waals surface area (Å²) in [6.07, 6.45) is -4.88. The van der Waals surface area contributed by atoms with Gasteiger partial charge in [0, 0.05) is 0 Å². The van der Waals surface area contributed by atoms with Crippen molar-refractivity contribution in [3.63, 3.8) is 0 Å². The molecule has 0 spiro atoms. The summed E-state index contributed by atoms with van der Waals surface area (Å²) in [5.41, 5.74) is 3.28. The fourth-order valence-corrected chi connectivity index (χ4v) is 1.10. The van der Waals surface area contributed by atoms with Crippen LogP contribution in [0.1, 0.15) is 17.2 Å². The van der Waals surface area contributed by atoms with Gasteiger partial charge in [0.2, 0.25) is 0 Å². The van der Waals surface area contributed by atoms with Gasteiger partial charge in [-0.1, -0.05) is 6.07 Å². The molecule has 3 nitrogen and oxygen atoms in total. The maximum Gasteiger partial charge on any atom is 0.419 e. The summed E-state index contributed by atoms with van der Waals surface area (Å²) in [6.45, 7) is 0. The second-order valence-electron chi connectivity index (χ2n) is 3.05. The lowest BCUT2D eigenvalue weighted by Crippen LogP contribution is -2.21. The van der Waals surface area contributed by atoms with Crippen molar-refractivity contribution in [2.75, 3.05) is 0 Å². The van der Waals surface area contributed by atoms with E-state index in [1.807, 2.05) is 0 Å². The van der Waals surface area contributed by atoms with Gasteiger partial charge < -0.3 is 10.8 Å². The van der Waals surface area contributed by atoms with Crippen LogP contribution in [0, 0.1) is 5.82 Å². The van der Waals surface area contributed by atoms with Crippen molar-refractivity contribution in [3.05, 3.63) is 35.1 Å². The van der Waals surface area contributed by atoms with E-state index in [-0.39, 0.29) is 5.56 Å². The standard InChI is InChI=1S/C9H7F4NO2/c10-6-2-1-4(7(14)8(15)16)3-5(6)9(11,12)13/h1-3,7H,14H2,(H,15,16)/t7-/m0/s1. The van der Waals surface area contributed by atoms with Gasteiger partial charge >= 0.3 is 12.1 Å². The maximum absolute atomic E-state index is 12.8. The quantitative estimate of drug-likeness (QED) is 0.772. The Morgan fingerprint density at radius 1 is 1.38 bits per heavy atom. The molecule has 1 aromatic carbocycles. The van der Waals surface area contributed by atoms with Gasteiger partial charge in [-0.05, 0) is 17.7 Å². The van der Waals surface area contributed by atoms with E-state index < -0.39 is 29.6 Å². The summed E-state index contributed by atoms with van der Waals surface area (Å²) < 4.78 is 49.6. The van der Waals surface area contributed by atoms with Crippen LogP contribution in [0.3, 0.4) is 0 Å². The molecule has 0 radical (unpaired) electrons. The second kappa shape index (κ2) is 4.09. The van der Waals surface area contributed by atoms with Crippen molar-refractivity contribution in [3.8, 4) is 0 Å². The summed E-state index contributed by atoms with van der Waals surface area (Å²) in [6, 6.07) is 0.236. The Bertz CT molecular complexity index is 416. The molecule has 0 amide bonds. The Labute approximate surface area is 87.5 Å². The number of hydrogen-bond acceptors (Lipinski definition) is 2. The van der Waals surface area contributed by atoms with E-state index in [4.69, 9.17) is 10.8 Å². The SMILES string of the molecule is N[C@H](C(=O)O)c1ccc(F)c(C(F)(F)F)c1. The van der Waals surface area contributed by atoms with Crippen molar-refractivity contribution in [2.24, 2.45) is 5.73 Å². The fraction of sp³-hybridized carbons (Fsp3) is 0.222. The molecule has 0 aromatic heterocycles. The van der Waals surface area contributed by atoms with E-state index in [1.165, 1.54) is 0 Å². The number of benzene rings is 1. The molecule has 0 saturated carbocycles. The Hall–Kier alpha value is -1.63. The summed E-state index contributed by atoms with van der Waals surface area (Å²) in [4.78, 5) is 10.4. The Kier molecular flexibility index (Phi) is 3.18. The van der Waals surface area contributed by atoms with E-state index in [1.54, 1.807) is 0 Å². The minimum absolute atomic E-state index is 0.304. The zero-order valence-electron chi connectivity index (χ0n) is 7.75. The van der Waals surface area contributed by atoms with Crippen molar-refractivity contribution in [1.29, 1.82) is 0 Å². The highest BCUT2D eigenvalue weighted by Gasteiger charge is 2.34. The lowest BCUT2D eigenvalue weighted by atomic mass is 10.0. The van der Waals surface area contributed by atoms with Crippen LogP contribution < -0.4 is 5.73 Å². The summed E-state index contributed by atoms with van der Waals surface area (Å²) in [5.74, 6) is -2.95. The van der Waals surface area contributed by atoms with Gasteiger partial charge in [-0.2, -0.15) is 13.2 Å². The van der Waals surface area contributed by atoms with E-state index in [2.05, 4.69) is 0 Å². The van der Waals surface area contributed by atoms with Crippen molar-refractivity contribution in [2.45, 2.75) is 12.2 Å². The number of carboxylic acid groups (broad SMARTS) is 1. The van der Waals surface area contributed by atoms with Crippen LogP contribution >= 0.6 is 0 Å². The van der Waals surface area contributed by atoms with Gasteiger partial charge in [0.1, 0.15) is 11.9 Å². The highest BCUT2D eigenvalue weighted by Crippen LogP contribution is 2.32. The van der Waals surface area contributed by atoms with Crippen LogP contribution in [-0.4, -0.2) is 11.1 Å². The molecule has 1 aromatic rings. The highest BCUT2D eigenvalue weighted by molar-refractivity contribution is 5.75. The lowest BCUT2D eigenvalue weighted by Gasteiger charge is -2.12. The molecular formula is C9H7F4NO2. The van der Waals surface area contributed by atoms with Crippen LogP contribution in [0.2, 0.25) is 0 Å². The number of alkyl halides is 3. The number of aliphatic carboxylic acids is 1. The Balaban J connectivity index is 3.23. The molecule has 0 fully saturated rings. The summed E-state index contributed by atoms with van der Waals surface area (Å²) in [5, 5.41) is 8.50. The molecule has 0 aliphatic heterocycles. The smallest absolute Gasteiger partial charge is 0.419 e. The number of carboxylic acids is 1. The number of rotatable bonds is 2. The summed E-state index contributed by atoms with van der Waals surface area (Å²) >= 11 is 0. The minimum atomic E-state index is -4.88. The molecule has 16 heavy (non-hydrogen) atoms. The monoisotopic (exact) mass is 237 g/mol. The Morgan fingerprint density at radius 2 is 1.94 bits per heavy atom. The van der Waals surface area contributed by atoms with Gasteiger partial charge in [-0.3, -0.25) is 4.79 Å². The van der Waals surface area contributed by atoms with E-state index >= 15 is 0 Å². The first-order valence-electron chi connectivity index (χ1n) is 4.08. The molecule has 0 bridgehead atoms. The van der Waals surface area contributed by atoms with Crippen LogP contribution in [0.4, 0.5) is 17.6 Å². The third-order valence-corrected chi connectivity index (χ3v) is 1.92. The van der Waals surface area contributed by atoms with Crippen LogP contribution in [0.25, 0.3) is 0 Å². The number of hydrogen-bond donors (Lipinski definition) is 2. The minimum Gasteiger partial charge on any atom is -0.480 e. The number of nitrogens with two attached hydrogens (primary N) is 1. The van der Waals surface area contributed by atoms with E-state index in [0.717, 1.165) is 6.07 Å². The first-order chi connectivity index (χ1) is 7.23. The average Bonchev–Trinajstić information content (AvgIpc) is 2.15. The van der Waals surface area contributed by atoms with Gasteiger partial charge in [-0.15, -0.1) is 0 Å². The van der Waals surface area contributed by atoms with E-state index in [0.29, 0.717) is 12.1 Å². The molecular weight excluding hydrogens is 230 g/mol. The topological polar surface area (TPSA) is 63.3 Å². The molecule has 3 N–H and O–H groups in total. The normalized spacial score (nSPS) is 13.6. The third kappa shape index (κ3) is 2.48. The molecule has 0 aliphatic rings. The molecule has 1 atom stereocenters. The zero-order chi connectivity index (χ0) is 12.5. The van der Waals surface area contributed by atoms with Gasteiger partial charge in [0.05, 0.1) is 5.56 Å². The maximum atomic E-state index is 12.8. The third-order valence-electron chi connectivity index (χ3n) is 1.92. The first-order valence-corrected chi connectivity index (χ1v) is 4.08. The van der Waals surface area contributed by atoms with Crippen molar-refractivity contribution in [1.82, 2.24) is 0 Å². The van der Waals surface area contributed by atoms with Crippen molar-refractivity contribution >= 4 is 5.97 Å². The van der Waals surface area contributed by atoms with Crippen LogP contribution in [0.5, 0.6) is 0 Å². The van der Waals surface area contributed by atoms with Crippen molar-refractivity contribution < 1.29 is 27.5 Å². The molecule has 0 unspecified atom stereocenters. The molecule has 1 rings (SSSR count). The second-order valence-corrected chi connectivity index (χ2v) is 3.05. The van der Waals surface area contributed by atoms with Gasteiger partial charge in [0.25, 0.3) is 0 Å².